The van der Waals surface area contributed by atoms with Crippen LogP contribution in [0.15, 0.2) is 54.6 Å². The summed E-state index contributed by atoms with van der Waals surface area (Å²) < 4.78 is 11.2. The lowest BCUT2D eigenvalue weighted by Crippen LogP contribution is -2.14. The molecule has 0 fully saturated rings. The molecule has 3 rings (SSSR count). The first kappa shape index (κ1) is 19.0. The van der Waals surface area contributed by atoms with E-state index in [4.69, 9.17) is 37.8 Å². The van der Waals surface area contributed by atoms with Crippen LogP contribution >= 0.6 is 23.2 Å². The summed E-state index contributed by atoms with van der Waals surface area (Å²) in [6, 6.07) is 16.4. The smallest absolute Gasteiger partial charge is 0.377 e. The van der Waals surface area contributed by atoms with Crippen LogP contribution in [0.2, 0.25) is 10.0 Å². The predicted molar refractivity (Wildman–Crippen MR) is 103 cm³/mol. The highest BCUT2D eigenvalue weighted by atomic mass is 35.5. The molecule has 0 aliphatic heterocycles. The molecule has 0 aromatic heterocycles. The van der Waals surface area contributed by atoms with Crippen molar-refractivity contribution in [1.82, 2.24) is 0 Å². The van der Waals surface area contributed by atoms with E-state index in [2.05, 4.69) is 0 Å². The van der Waals surface area contributed by atoms with Gasteiger partial charge in [-0.1, -0.05) is 53.5 Å². The summed E-state index contributed by atoms with van der Waals surface area (Å²) in [6.45, 7) is 0.495. The van der Waals surface area contributed by atoms with Crippen molar-refractivity contribution in [2.45, 2.75) is 0 Å². The lowest BCUT2D eigenvalue weighted by molar-refractivity contribution is -0.131. The Morgan fingerprint density at radius 1 is 0.815 bits per heavy atom. The number of hydrogen-bond acceptors (Lipinski definition) is 4. The van der Waals surface area contributed by atoms with Gasteiger partial charge in [0.1, 0.15) is 24.7 Å². The largest absolute Gasteiger partial charge is 0.490 e. The molecule has 0 saturated heterocycles. The first-order valence-corrected chi connectivity index (χ1v) is 8.72. The highest BCUT2D eigenvalue weighted by Crippen LogP contribution is 2.31. The maximum atomic E-state index is 11.6. The van der Waals surface area contributed by atoms with Crippen molar-refractivity contribution in [3.05, 3.63) is 70.2 Å². The zero-order valence-electron chi connectivity index (χ0n) is 13.9. The first-order valence-electron chi connectivity index (χ1n) is 7.97. The van der Waals surface area contributed by atoms with Gasteiger partial charge >= 0.3 is 5.97 Å². The van der Waals surface area contributed by atoms with Crippen LogP contribution in [0.1, 0.15) is 10.4 Å². The van der Waals surface area contributed by atoms with Crippen molar-refractivity contribution in [1.29, 1.82) is 0 Å². The molecule has 0 radical (unpaired) electrons. The predicted octanol–water partition coefficient (Wildman–Crippen LogP) is 4.87. The number of fused-ring (bicyclic) bond motifs is 1. The quantitative estimate of drug-likeness (QED) is 0.345. The number of aliphatic carboxylic acids is 1. The Morgan fingerprint density at radius 3 is 2.04 bits per heavy atom. The normalized spacial score (nSPS) is 10.6. The lowest BCUT2D eigenvalue weighted by Gasteiger charge is -2.11. The Labute approximate surface area is 165 Å². The van der Waals surface area contributed by atoms with E-state index in [1.54, 1.807) is 0 Å². The summed E-state index contributed by atoms with van der Waals surface area (Å²) in [5.41, 5.74) is -0.259. The third-order valence-electron chi connectivity index (χ3n) is 3.78. The summed E-state index contributed by atoms with van der Waals surface area (Å²) in [4.78, 5) is 22.4. The van der Waals surface area contributed by atoms with Crippen molar-refractivity contribution in [3.8, 4) is 11.5 Å². The third-order valence-corrected chi connectivity index (χ3v) is 4.37. The van der Waals surface area contributed by atoms with Crippen molar-refractivity contribution in [2.24, 2.45) is 0 Å². The molecule has 5 nitrogen and oxygen atoms in total. The monoisotopic (exact) mass is 404 g/mol. The molecular formula is C20H14Cl2O5. The van der Waals surface area contributed by atoms with E-state index < -0.39 is 11.8 Å². The van der Waals surface area contributed by atoms with Gasteiger partial charge < -0.3 is 14.6 Å². The summed E-state index contributed by atoms with van der Waals surface area (Å²) in [6.07, 6.45) is 0. The number of carbonyl (C=O) groups excluding carboxylic acids is 1. The van der Waals surface area contributed by atoms with Gasteiger partial charge in [0, 0.05) is 0 Å². The Bertz CT molecular complexity index is 993. The van der Waals surface area contributed by atoms with Crippen molar-refractivity contribution in [3.63, 3.8) is 0 Å². The van der Waals surface area contributed by atoms with Gasteiger partial charge in [-0.05, 0) is 35.0 Å². The molecule has 0 heterocycles. The van der Waals surface area contributed by atoms with Crippen LogP contribution in [0.4, 0.5) is 0 Å². The van der Waals surface area contributed by atoms with Crippen LogP contribution in [-0.4, -0.2) is 30.1 Å². The van der Waals surface area contributed by atoms with E-state index in [1.807, 2.05) is 42.5 Å². The van der Waals surface area contributed by atoms with Gasteiger partial charge in [0.05, 0.1) is 15.6 Å². The molecule has 0 aliphatic carbocycles. The molecular weight excluding hydrogens is 391 g/mol. The summed E-state index contributed by atoms with van der Waals surface area (Å²) in [5.74, 6) is -1.77. The minimum Gasteiger partial charge on any atom is -0.490 e. The molecule has 0 saturated carbocycles. The fourth-order valence-electron chi connectivity index (χ4n) is 2.53. The van der Waals surface area contributed by atoms with Gasteiger partial charge in [-0.25, -0.2) is 4.79 Å². The third kappa shape index (κ3) is 4.51. The van der Waals surface area contributed by atoms with Gasteiger partial charge in [0.2, 0.25) is 0 Å². The number of ether oxygens (including phenoxy) is 2. The van der Waals surface area contributed by atoms with Crippen LogP contribution in [0.3, 0.4) is 0 Å². The molecule has 0 spiro atoms. The molecule has 1 N–H and O–H groups in total. The first-order chi connectivity index (χ1) is 13.0. The number of rotatable bonds is 7. The van der Waals surface area contributed by atoms with E-state index in [0.29, 0.717) is 5.75 Å². The van der Waals surface area contributed by atoms with Gasteiger partial charge in [-0.2, -0.15) is 0 Å². The lowest BCUT2D eigenvalue weighted by atomic mass is 10.1. The number of Topliss-reactive ketones (excluding diaryl/α,β-unsaturated/α-hetero) is 1. The number of benzene rings is 3. The number of carbonyl (C=O) groups is 2. The Kier molecular flexibility index (Phi) is 5.84. The van der Waals surface area contributed by atoms with Gasteiger partial charge in [-0.15, -0.1) is 0 Å². The van der Waals surface area contributed by atoms with Gasteiger partial charge in [0.15, 0.2) is 0 Å². The van der Waals surface area contributed by atoms with Crippen molar-refractivity contribution >= 4 is 45.7 Å². The molecule has 0 atom stereocenters. The van der Waals surface area contributed by atoms with E-state index in [-0.39, 0.29) is 28.8 Å². The number of hydrogen-bond donors (Lipinski definition) is 1. The fraction of sp³-hybridized carbons (Fsp3) is 0.100. The summed E-state index contributed by atoms with van der Waals surface area (Å²) >= 11 is 11.9. The molecule has 138 valence electrons. The second kappa shape index (κ2) is 8.29. The van der Waals surface area contributed by atoms with E-state index in [1.165, 1.54) is 12.1 Å². The Morgan fingerprint density at radius 2 is 1.41 bits per heavy atom. The zero-order chi connectivity index (χ0) is 19.4. The second-order valence-corrected chi connectivity index (χ2v) is 6.42. The van der Waals surface area contributed by atoms with Gasteiger partial charge in [-0.3, -0.25) is 4.79 Å². The molecule has 3 aromatic rings. The summed E-state index contributed by atoms with van der Waals surface area (Å²) in [7, 11) is 0. The SMILES string of the molecule is O=C(O)C(=O)c1c(Cl)cc(OCCOc2ccc3ccccc3c2)cc1Cl. The van der Waals surface area contributed by atoms with E-state index in [0.717, 1.165) is 16.5 Å². The molecule has 3 aromatic carbocycles. The Balaban J connectivity index is 1.60. The molecule has 0 aliphatic rings. The number of carboxylic acids is 1. The average Bonchev–Trinajstić information content (AvgIpc) is 2.64. The molecule has 7 heteroatoms. The highest BCUT2D eigenvalue weighted by molar-refractivity contribution is 6.49. The van der Waals surface area contributed by atoms with Gasteiger partial charge in [0.25, 0.3) is 5.78 Å². The molecule has 27 heavy (non-hydrogen) atoms. The fourth-order valence-corrected chi connectivity index (χ4v) is 3.17. The van der Waals surface area contributed by atoms with Crippen LogP contribution in [0.5, 0.6) is 11.5 Å². The standard InChI is InChI=1S/C20H14Cl2O5/c21-16-10-15(11-17(22)18(16)19(23)20(24)25)27-8-7-26-14-6-5-12-3-1-2-4-13(12)9-14/h1-6,9-11H,7-8H2,(H,24,25). The van der Waals surface area contributed by atoms with Crippen LogP contribution < -0.4 is 9.47 Å². The topological polar surface area (TPSA) is 72.8 Å². The maximum absolute atomic E-state index is 11.6. The second-order valence-electron chi connectivity index (χ2n) is 5.60. The maximum Gasteiger partial charge on any atom is 0.377 e. The average molecular weight is 405 g/mol. The van der Waals surface area contributed by atoms with Crippen LogP contribution in [0, 0.1) is 0 Å². The molecule has 0 bridgehead atoms. The number of ketones is 1. The minimum atomic E-state index is -1.63. The van der Waals surface area contributed by atoms with Crippen LogP contribution in [-0.2, 0) is 4.79 Å². The van der Waals surface area contributed by atoms with E-state index in [9.17, 15) is 9.59 Å². The minimum absolute atomic E-state index is 0.0830. The Hall–Kier alpha value is -2.76. The molecule has 0 unspecified atom stereocenters. The van der Waals surface area contributed by atoms with Crippen molar-refractivity contribution < 1.29 is 24.2 Å². The number of carboxylic acid groups (broad SMARTS) is 1. The van der Waals surface area contributed by atoms with Crippen LogP contribution in [0.25, 0.3) is 10.8 Å². The van der Waals surface area contributed by atoms with E-state index >= 15 is 0 Å². The van der Waals surface area contributed by atoms with Crippen molar-refractivity contribution in [2.75, 3.05) is 13.2 Å². The highest BCUT2D eigenvalue weighted by Gasteiger charge is 2.22. The zero-order valence-corrected chi connectivity index (χ0v) is 15.5. The molecule has 0 amide bonds. The number of halogens is 2. The summed E-state index contributed by atoms with van der Waals surface area (Å²) in [5, 5.41) is 10.8.